The number of ether oxygens (including phenoxy) is 2. The summed E-state index contributed by atoms with van der Waals surface area (Å²) in [7, 11) is 1.60. The van der Waals surface area contributed by atoms with E-state index in [1.807, 2.05) is 17.0 Å². The first-order valence-corrected chi connectivity index (χ1v) is 8.65. The summed E-state index contributed by atoms with van der Waals surface area (Å²) < 4.78 is 16.0. The first-order valence-electron chi connectivity index (χ1n) is 8.65. The fourth-order valence-corrected chi connectivity index (χ4v) is 3.10. The van der Waals surface area contributed by atoms with Crippen molar-refractivity contribution in [2.45, 2.75) is 6.42 Å². The summed E-state index contributed by atoms with van der Waals surface area (Å²) in [5, 5.41) is 13.5. The molecule has 0 saturated heterocycles. The largest absolute Gasteiger partial charge is 0.490 e. The van der Waals surface area contributed by atoms with Gasteiger partial charge < -0.3 is 18.9 Å². The standard InChI is InChI=1S/C20H18N4O3/c1-25-10-11-26-18-7-6-15(12-16(18)13-21)19-22-20(23-27-19)24-9-8-14-4-2-3-5-17(14)24/h2-7,12H,8-11H2,1H3. The first-order chi connectivity index (χ1) is 13.3. The Morgan fingerprint density at radius 3 is 2.96 bits per heavy atom. The van der Waals surface area contributed by atoms with Gasteiger partial charge in [0.15, 0.2) is 0 Å². The van der Waals surface area contributed by atoms with E-state index in [2.05, 4.69) is 28.3 Å². The minimum atomic E-state index is 0.370. The molecule has 1 aromatic heterocycles. The van der Waals surface area contributed by atoms with Crippen LogP contribution in [0.15, 0.2) is 47.0 Å². The smallest absolute Gasteiger partial charge is 0.270 e. The molecule has 0 unspecified atom stereocenters. The van der Waals surface area contributed by atoms with Gasteiger partial charge in [0.25, 0.3) is 11.8 Å². The molecule has 136 valence electrons. The minimum absolute atomic E-state index is 0.370. The fraction of sp³-hybridized carbons (Fsp3) is 0.250. The van der Waals surface area contributed by atoms with Crippen LogP contribution in [0.3, 0.4) is 0 Å². The maximum Gasteiger partial charge on any atom is 0.270 e. The summed E-state index contributed by atoms with van der Waals surface area (Å²) in [4.78, 5) is 6.56. The Balaban J connectivity index is 1.58. The zero-order valence-corrected chi connectivity index (χ0v) is 14.9. The molecule has 0 spiro atoms. The molecule has 0 N–H and O–H groups in total. The van der Waals surface area contributed by atoms with Crippen molar-refractivity contribution >= 4 is 11.6 Å². The van der Waals surface area contributed by atoms with Crippen LogP contribution in [0.5, 0.6) is 5.75 Å². The summed E-state index contributed by atoms with van der Waals surface area (Å²) >= 11 is 0. The van der Waals surface area contributed by atoms with Gasteiger partial charge in [-0.2, -0.15) is 10.2 Å². The maximum atomic E-state index is 9.40. The molecule has 2 heterocycles. The highest BCUT2D eigenvalue weighted by Crippen LogP contribution is 2.34. The lowest BCUT2D eigenvalue weighted by atomic mass is 10.1. The Morgan fingerprint density at radius 1 is 1.22 bits per heavy atom. The van der Waals surface area contributed by atoms with Gasteiger partial charge >= 0.3 is 0 Å². The molecule has 0 bridgehead atoms. The van der Waals surface area contributed by atoms with Crippen molar-refractivity contribution in [3.8, 4) is 23.3 Å². The molecule has 4 rings (SSSR count). The summed E-state index contributed by atoms with van der Waals surface area (Å²) in [5.74, 6) is 1.40. The van der Waals surface area contributed by atoms with Crippen LogP contribution in [0, 0.1) is 11.3 Å². The minimum Gasteiger partial charge on any atom is -0.490 e. The third-order valence-electron chi connectivity index (χ3n) is 4.44. The lowest BCUT2D eigenvalue weighted by molar-refractivity contribution is 0.146. The van der Waals surface area contributed by atoms with Crippen LogP contribution in [0.4, 0.5) is 11.6 Å². The number of fused-ring (bicyclic) bond motifs is 1. The fourth-order valence-electron chi connectivity index (χ4n) is 3.10. The molecule has 0 saturated carbocycles. The molecule has 1 aliphatic rings. The molecule has 27 heavy (non-hydrogen) atoms. The number of aromatic nitrogens is 2. The Kier molecular flexibility index (Phi) is 4.73. The van der Waals surface area contributed by atoms with Crippen LogP contribution in [0.25, 0.3) is 11.5 Å². The Bertz CT molecular complexity index is 993. The van der Waals surface area contributed by atoms with Gasteiger partial charge in [0.1, 0.15) is 18.4 Å². The van der Waals surface area contributed by atoms with Gasteiger partial charge in [-0.05, 0) is 41.4 Å². The Hall–Kier alpha value is -3.37. The van der Waals surface area contributed by atoms with E-state index in [0.717, 1.165) is 18.7 Å². The van der Waals surface area contributed by atoms with Crippen molar-refractivity contribution in [1.82, 2.24) is 10.1 Å². The predicted octanol–water partition coefficient (Wildman–Crippen LogP) is 3.33. The number of nitrogens with zero attached hydrogens (tertiary/aromatic N) is 4. The zero-order chi connectivity index (χ0) is 18.6. The summed E-state index contributed by atoms with van der Waals surface area (Å²) in [5.41, 5.74) is 3.46. The molecular formula is C20H18N4O3. The highest BCUT2D eigenvalue weighted by molar-refractivity contribution is 5.67. The van der Waals surface area contributed by atoms with Crippen LogP contribution in [0.2, 0.25) is 0 Å². The molecule has 0 fully saturated rings. The molecule has 0 amide bonds. The van der Waals surface area contributed by atoms with Crippen LogP contribution < -0.4 is 9.64 Å². The van der Waals surface area contributed by atoms with E-state index in [1.54, 1.807) is 25.3 Å². The second kappa shape index (κ2) is 7.48. The third kappa shape index (κ3) is 3.35. The van der Waals surface area contributed by atoms with Crippen LogP contribution in [-0.2, 0) is 11.2 Å². The lowest BCUT2D eigenvalue weighted by Gasteiger charge is -2.13. The second-order valence-corrected chi connectivity index (χ2v) is 6.09. The first kappa shape index (κ1) is 17.1. The molecule has 0 aliphatic carbocycles. The van der Waals surface area contributed by atoms with Gasteiger partial charge in [-0.3, -0.25) is 0 Å². The van der Waals surface area contributed by atoms with Gasteiger partial charge in [0.05, 0.1) is 12.2 Å². The van der Waals surface area contributed by atoms with E-state index < -0.39 is 0 Å². The Morgan fingerprint density at radius 2 is 2.11 bits per heavy atom. The molecule has 0 radical (unpaired) electrons. The van der Waals surface area contributed by atoms with E-state index in [4.69, 9.17) is 14.0 Å². The number of hydrogen-bond acceptors (Lipinski definition) is 7. The topological polar surface area (TPSA) is 84.4 Å². The van der Waals surface area contributed by atoms with Crippen molar-refractivity contribution in [1.29, 1.82) is 5.26 Å². The number of para-hydroxylation sites is 1. The summed E-state index contributed by atoms with van der Waals surface area (Å²) in [6.07, 6.45) is 0.951. The number of nitriles is 1. The van der Waals surface area contributed by atoms with Crippen LogP contribution >= 0.6 is 0 Å². The second-order valence-electron chi connectivity index (χ2n) is 6.09. The molecule has 0 atom stereocenters. The zero-order valence-electron chi connectivity index (χ0n) is 14.9. The van der Waals surface area contributed by atoms with Gasteiger partial charge in [-0.15, -0.1) is 0 Å². The van der Waals surface area contributed by atoms with Gasteiger partial charge in [-0.1, -0.05) is 18.2 Å². The quantitative estimate of drug-likeness (QED) is 0.622. The number of rotatable bonds is 6. The number of benzene rings is 2. The average Bonchev–Trinajstić information content (AvgIpc) is 3.35. The van der Waals surface area contributed by atoms with E-state index in [-0.39, 0.29) is 0 Å². The van der Waals surface area contributed by atoms with Crippen molar-refractivity contribution in [2.75, 3.05) is 31.8 Å². The number of methoxy groups -OCH3 is 1. The summed E-state index contributed by atoms with van der Waals surface area (Å²) in [6.45, 7) is 1.65. The maximum absolute atomic E-state index is 9.40. The lowest BCUT2D eigenvalue weighted by Crippen LogP contribution is -2.14. The van der Waals surface area contributed by atoms with E-state index in [0.29, 0.717) is 41.9 Å². The highest BCUT2D eigenvalue weighted by Gasteiger charge is 2.24. The van der Waals surface area contributed by atoms with E-state index in [1.165, 1.54) is 5.56 Å². The predicted molar refractivity (Wildman–Crippen MR) is 99.0 cm³/mol. The van der Waals surface area contributed by atoms with Crippen molar-refractivity contribution < 1.29 is 14.0 Å². The van der Waals surface area contributed by atoms with Gasteiger partial charge in [0, 0.05) is 24.9 Å². The molecular weight excluding hydrogens is 344 g/mol. The normalized spacial score (nSPS) is 12.7. The number of hydrogen-bond donors (Lipinski definition) is 0. The third-order valence-corrected chi connectivity index (χ3v) is 4.44. The molecule has 2 aromatic carbocycles. The van der Waals surface area contributed by atoms with Crippen molar-refractivity contribution in [2.24, 2.45) is 0 Å². The van der Waals surface area contributed by atoms with Crippen molar-refractivity contribution in [3.63, 3.8) is 0 Å². The van der Waals surface area contributed by atoms with E-state index >= 15 is 0 Å². The average molecular weight is 362 g/mol. The Labute approximate surface area is 156 Å². The SMILES string of the molecule is COCCOc1ccc(-c2nc(N3CCc4ccccc43)no2)cc1C#N. The molecule has 7 heteroatoms. The summed E-state index contributed by atoms with van der Waals surface area (Å²) in [6, 6.07) is 15.6. The van der Waals surface area contributed by atoms with Gasteiger partial charge in [-0.25, -0.2) is 0 Å². The van der Waals surface area contributed by atoms with E-state index in [9.17, 15) is 5.26 Å². The number of anilines is 2. The molecule has 1 aliphatic heterocycles. The van der Waals surface area contributed by atoms with Crippen molar-refractivity contribution in [3.05, 3.63) is 53.6 Å². The monoisotopic (exact) mass is 362 g/mol. The van der Waals surface area contributed by atoms with Crippen LogP contribution in [0.1, 0.15) is 11.1 Å². The van der Waals surface area contributed by atoms with Gasteiger partial charge in [0.2, 0.25) is 0 Å². The highest BCUT2D eigenvalue weighted by atomic mass is 16.5. The molecule has 7 nitrogen and oxygen atoms in total. The van der Waals surface area contributed by atoms with Crippen LogP contribution in [-0.4, -0.2) is 37.0 Å². The molecule has 3 aromatic rings.